The largest absolute Gasteiger partial charge is 0.378 e. The van der Waals surface area contributed by atoms with Crippen LogP contribution in [0.15, 0.2) is 35.2 Å². The molecule has 0 fully saturated rings. The van der Waals surface area contributed by atoms with Gasteiger partial charge in [0.1, 0.15) is 0 Å². The highest BCUT2D eigenvalue weighted by Gasteiger charge is 2.06. The normalized spacial score (nSPS) is 10.9. The molecule has 2 rings (SSSR count). The summed E-state index contributed by atoms with van der Waals surface area (Å²) in [7, 11) is 0. The molecule has 3 nitrogen and oxygen atoms in total. The van der Waals surface area contributed by atoms with Crippen molar-refractivity contribution in [3.05, 3.63) is 45.9 Å². The van der Waals surface area contributed by atoms with Crippen molar-refractivity contribution in [2.24, 2.45) is 0 Å². The fraction of sp³-hybridized carbons (Fsp3) is 0.308. The molecule has 0 bridgehead atoms. The minimum Gasteiger partial charge on any atom is -0.378 e. The number of nitrogens with one attached hydrogen (secondary N) is 1. The molecule has 5 heteroatoms. The average molecular weight is 329 g/mol. The first-order valence-corrected chi connectivity index (χ1v) is 6.94. The van der Waals surface area contributed by atoms with E-state index in [1.54, 1.807) is 0 Å². The highest BCUT2D eigenvalue weighted by molar-refractivity contribution is 9.10. The van der Waals surface area contributed by atoms with Crippen LogP contribution >= 0.6 is 27.5 Å². The van der Waals surface area contributed by atoms with E-state index < -0.39 is 0 Å². The SMILES string of the molecule is CC(C)n1cncc1CNc1ccc(Cl)cc1Br. The lowest BCUT2D eigenvalue weighted by Crippen LogP contribution is -2.09. The van der Waals surface area contributed by atoms with Gasteiger partial charge in [-0.05, 0) is 48.0 Å². The maximum Gasteiger partial charge on any atom is 0.0951 e. The Hall–Kier alpha value is -1.000. The van der Waals surface area contributed by atoms with Crippen LogP contribution in [0.3, 0.4) is 0 Å². The van der Waals surface area contributed by atoms with Crippen molar-refractivity contribution in [3.8, 4) is 0 Å². The number of halogens is 2. The molecule has 0 aliphatic heterocycles. The Bertz CT molecular complexity index is 537. The van der Waals surface area contributed by atoms with Gasteiger partial charge in [-0.1, -0.05) is 11.6 Å². The van der Waals surface area contributed by atoms with Crippen molar-refractivity contribution < 1.29 is 0 Å². The quantitative estimate of drug-likeness (QED) is 0.896. The van der Waals surface area contributed by atoms with Crippen molar-refractivity contribution in [1.82, 2.24) is 9.55 Å². The number of anilines is 1. The number of hydrogen-bond donors (Lipinski definition) is 1. The maximum absolute atomic E-state index is 5.91. The van der Waals surface area contributed by atoms with Crippen LogP contribution in [-0.4, -0.2) is 9.55 Å². The van der Waals surface area contributed by atoms with Gasteiger partial charge in [-0.2, -0.15) is 0 Å². The molecule has 0 radical (unpaired) electrons. The summed E-state index contributed by atoms with van der Waals surface area (Å²) >= 11 is 9.40. The lowest BCUT2D eigenvalue weighted by molar-refractivity contribution is 0.577. The number of hydrogen-bond acceptors (Lipinski definition) is 2. The number of benzene rings is 1. The van der Waals surface area contributed by atoms with Crippen LogP contribution in [0, 0.1) is 0 Å². The Balaban J connectivity index is 2.09. The summed E-state index contributed by atoms with van der Waals surface area (Å²) in [6.07, 6.45) is 3.75. The fourth-order valence-corrected chi connectivity index (χ4v) is 2.58. The van der Waals surface area contributed by atoms with Gasteiger partial charge in [0.2, 0.25) is 0 Å². The van der Waals surface area contributed by atoms with Crippen molar-refractivity contribution in [2.75, 3.05) is 5.32 Å². The van der Waals surface area contributed by atoms with E-state index >= 15 is 0 Å². The van der Waals surface area contributed by atoms with Gasteiger partial charge < -0.3 is 9.88 Å². The van der Waals surface area contributed by atoms with Gasteiger partial charge in [0.15, 0.2) is 0 Å². The van der Waals surface area contributed by atoms with Crippen LogP contribution in [0.25, 0.3) is 0 Å². The monoisotopic (exact) mass is 327 g/mol. The molecule has 1 aromatic carbocycles. The standard InChI is InChI=1S/C13H15BrClN3/c1-9(2)18-8-16-6-11(18)7-17-13-4-3-10(15)5-12(13)14/h3-6,8-9,17H,7H2,1-2H3. The number of imidazole rings is 1. The molecule has 18 heavy (non-hydrogen) atoms. The molecular formula is C13H15BrClN3. The molecule has 0 saturated carbocycles. The van der Waals surface area contributed by atoms with Crippen molar-refractivity contribution in [3.63, 3.8) is 0 Å². The lowest BCUT2D eigenvalue weighted by atomic mass is 10.3. The van der Waals surface area contributed by atoms with E-state index in [2.05, 4.69) is 44.6 Å². The summed E-state index contributed by atoms with van der Waals surface area (Å²) in [4.78, 5) is 4.18. The first kappa shape index (κ1) is 13.4. The Morgan fingerprint density at radius 2 is 2.22 bits per heavy atom. The van der Waals surface area contributed by atoms with Gasteiger partial charge in [-0.25, -0.2) is 4.98 Å². The number of nitrogens with zero attached hydrogens (tertiary/aromatic N) is 2. The van der Waals surface area contributed by atoms with Crippen LogP contribution in [0.2, 0.25) is 5.02 Å². The summed E-state index contributed by atoms with van der Waals surface area (Å²) in [5.41, 5.74) is 2.18. The van der Waals surface area contributed by atoms with Gasteiger partial charge in [0.05, 0.1) is 18.6 Å². The molecular weight excluding hydrogens is 314 g/mol. The van der Waals surface area contributed by atoms with E-state index in [1.807, 2.05) is 30.7 Å². The molecule has 96 valence electrons. The summed E-state index contributed by atoms with van der Waals surface area (Å²) < 4.78 is 3.11. The first-order chi connectivity index (χ1) is 8.58. The topological polar surface area (TPSA) is 29.9 Å². The maximum atomic E-state index is 5.91. The molecule has 1 N–H and O–H groups in total. The summed E-state index contributed by atoms with van der Waals surface area (Å²) in [6.45, 7) is 5.02. The predicted molar refractivity (Wildman–Crippen MR) is 79.1 cm³/mol. The molecule has 1 heterocycles. The summed E-state index contributed by atoms with van der Waals surface area (Å²) in [5, 5.41) is 4.09. The lowest BCUT2D eigenvalue weighted by Gasteiger charge is -2.13. The van der Waals surface area contributed by atoms with Gasteiger partial charge in [-0.3, -0.25) is 0 Å². The van der Waals surface area contributed by atoms with Crippen LogP contribution < -0.4 is 5.32 Å². The molecule has 2 aromatic rings. The Labute approximate surface area is 120 Å². The molecule has 1 aromatic heterocycles. The van der Waals surface area contributed by atoms with Crippen molar-refractivity contribution >= 4 is 33.2 Å². The highest BCUT2D eigenvalue weighted by Crippen LogP contribution is 2.26. The Morgan fingerprint density at radius 3 is 2.89 bits per heavy atom. The minimum atomic E-state index is 0.415. The second-order valence-corrected chi connectivity index (χ2v) is 5.65. The Morgan fingerprint density at radius 1 is 1.44 bits per heavy atom. The first-order valence-electron chi connectivity index (χ1n) is 5.77. The second-order valence-electron chi connectivity index (χ2n) is 4.36. The molecule has 0 unspecified atom stereocenters. The minimum absolute atomic E-state index is 0.415. The molecule has 0 atom stereocenters. The van der Waals surface area contributed by atoms with E-state index in [0.29, 0.717) is 6.04 Å². The van der Waals surface area contributed by atoms with Gasteiger partial charge in [0, 0.05) is 27.4 Å². The third kappa shape index (κ3) is 3.06. The van der Waals surface area contributed by atoms with Gasteiger partial charge in [-0.15, -0.1) is 0 Å². The second kappa shape index (κ2) is 5.76. The number of rotatable bonds is 4. The molecule has 0 aliphatic rings. The predicted octanol–water partition coefficient (Wildman–Crippen LogP) is 4.49. The van der Waals surface area contributed by atoms with E-state index in [1.165, 1.54) is 0 Å². The zero-order valence-corrected chi connectivity index (χ0v) is 12.7. The molecule has 0 saturated heterocycles. The van der Waals surface area contributed by atoms with Crippen molar-refractivity contribution in [2.45, 2.75) is 26.4 Å². The summed E-state index contributed by atoms with van der Waals surface area (Å²) in [6, 6.07) is 6.12. The van der Waals surface area contributed by atoms with E-state index in [-0.39, 0.29) is 0 Å². The average Bonchev–Trinajstić information content (AvgIpc) is 2.76. The van der Waals surface area contributed by atoms with Crippen LogP contribution in [0.1, 0.15) is 25.6 Å². The molecule has 0 amide bonds. The smallest absolute Gasteiger partial charge is 0.0951 e. The van der Waals surface area contributed by atoms with Gasteiger partial charge in [0.25, 0.3) is 0 Å². The third-order valence-corrected chi connectivity index (χ3v) is 3.58. The van der Waals surface area contributed by atoms with Crippen molar-refractivity contribution in [1.29, 1.82) is 0 Å². The molecule has 0 aliphatic carbocycles. The van der Waals surface area contributed by atoms with Crippen LogP contribution in [0.4, 0.5) is 5.69 Å². The third-order valence-electron chi connectivity index (χ3n) is 2.69. The summed E-state index contributed by atoms with van der Waals surface area (Å²) in [5.74, 6) is 0. The zero-order valence-electron chi connectivity index (χ0n) is 10.3. The fourth-order valence-electron chi connectivity index (χ4n) is 1.75. The van der Waals surface area contributed by atoms with Crippen LogP contribution in [0.5, 0.6) is 0 Å². The Kier molecular flexibility index (Phi) is 4.30. The molecule has 0 spiro atoms. The highest BCUT2D eigenvalue weighted by atomic mass is 79.9. The van der Waals surface area contributed by atoms with Gasteiger partial charge >= 0.3 is 0 Å². The zero-order chi connectivity index (χ0) is 13.1. The van der Waals surface area contributed by atoms with Crippen LogP contribution in [-0.2, 0) is 6.54 Å². The van der Waals surface area contributed by atoms with E-state index in [9.17, 15) is 0 Å². The van der Waals surface area contributed by atoms with E-state index in [0.717, 1.165) is 27.4 Å². The van der Waals surface area contributed by atoms with E-state index in [4.69, 9.17) is 11.6 Å². The number of aromatic nitrogens is 2.